The highest BCUT2D eigenvalue weighted by atomic mass is 16.5. The van der Waals surface area contributed by atoms with Gasteiger partial charge in [0.25, 0.3) is 0 Å². The van der Waals surface area contributed by atoms with Gasteiger partial charge < -0.3 is 10.1 Å². The summed E-state index contributed by atoms with van der Waals surface area (Å²) < 4.78 is 6.54. The second-order valence-corrected chi connectivity index (χ2v) is 3.77. The fourth-order valence-corrected chi connectivity index (χ4v) is 1.46. The zero-order chi connectivity index (χ0) is 13.0. The fourth-order valence-electron chi connectivity index (χ4n) is 1.46. The van der Waals surface area contributed by atoms with Gasteiger partial charge in [0.1, 0.15) is 24.4 Å². The second-order valence-electron chi connectivity index (χ2n) is 3.77. The Balaban J connectivity index is 2.02. The molecule has 1 aromatic carbocycles. The highest BCUT2D eigenvalue weighted by molar-refractivity contribution is 5.93. The van der Waals surface area contributed by atoms with Gasteiger partial charge in [-0.3, -0.25) is 4.79 Å². The molecule has 2 aromatic rings. The van der Waals surface area contributed by atoms with Crippen LogP contribution in [0.25, 0.3) is 0 Å². The first-order chi connectivity index (χ1) is 8.70. The van der Waals surface area contributed by atoms with Crippen LogP contribution in [0.2, 0.25) is 0 Å². The molecule has 2 rings (SSSR count). The first-order valence-electron chi connectivity index (χ1n) is 5.49. The Morgan fingerprint density at radius 1 is 1.39 bits per heavy atom. The van der Waals surface area contributed by atoms with E-state index in [1.807, 2.05) is 0 Å². The molecule has 94 valence electrons. The van der Waals surface area contributed by atoms with Crippen LogP contribution in [-0.2, 0) is 4.79 Å². The maximum atomic E-state index is 11.9. The third-order valence-corrected chi connectivity index (χ3v) is 2.57. The van der Waals surface area contributed by atoms with E-state index < -0.39 is 6.04 Å². The summed E-state index contributed by atoms with van der Waals surface area (Å²) in [4.78, 5) is 15.7. The quantitative estimate of drug-likeness (QED) is 0.887. The van der Waals surface area contributed by atoms with Crippen molar-refractivity contribution >= 4 is 11.6 Å². The third kappa shape index (κ3) is 2.65. The Morgan fingerprint density at radius 2 is 2.11 bits per heavy atom. The van der Waals surface area contributed by atoms with E-state index in [2.05, 4.69) is 15.4 Å². The number of hydrogen-bond acceptors (Lipinski definition) is 4. The molecular formula is C12H14N4O2. The van der Waals surface area contributed by atoms with Crippen LogP contribution in [-0.4, -0.2) is 27.8 Å². The Bertz CT molecular complexity index is 507. The van der Waals surface area contributed by atoms with Gasteiger partial charge in [-0.1, -0.05) is 0 Å². The molecular weight excluding hydrogens is 232 g/mol. The lowest BCUT2D eigenvalue weighted by Crippen LogP contribution is -2.23. The average Bonchev–Trinajstić information content (AvgIpc) is 2.92. The molecule has 0 saturated carbocycles. The molecule has 0 bridgehead atoms. The van der Waals surface area contributed by atoms with Gasteiger partial charge in [0.2, 0.25) is 5.91 Å². The van der Waals surface area contributed by atoms with Gasteiger partial charge in [0.15, 0.2) is 0 Å². The number of hydrogen-bond donors (Lipinski definition) is 1. The van der Waals surface area contributed by atoms with E-state index in [9.17, 15) is 4.79 Å². The van der Waals surface area contributed by atoms with Crippen molar-refractivity contribution in [2.24, 2.45) is 0 Å². The maximum Gasteiger partial charge on any atom is 0.249 e. The molecule has 0 saturated heterocycles. The first-order valence-corrected chi connectivity index (χ1v) is 5.49. The van der Waals surface area contributed by atoms with Gasteiger partial charge in [-0.2, -0.15) is 5.10 Å². The summed E-state index contributed by atoms with van der Waals surface area (Å²) in [5.41, 5.74) is 0.716. The minimum atomic E-state index is -0.408. The molecule has 0 radical (unpaired) electrons. The van der Waals surface area contributed by atoms with Crippen molar-refractivity contribution in [1.29, 1.82) is 0 Å². The van der Waals surface area contributed by atoms with E-state index in [1.54, 1.807) is 38.3 Å². The van der Waals surface area contributed by atoms with Crippen molar-refractivity contribution in [2.45, 2.75) is 13.0 Å². The van der Waals surface area contributed by atoms with E-state index in [4.69, 9.17) is 4.74 Å². The molecule has 0 fully saturated rings. The molecule has 1 aromatic heterocycles. The highest BCUT2D eigenvalue weighted by Crippen LogP contribution is 2.16. The predicted octanol–water partition coefficient (Wildman–Crippen LogP) is 1.49. The molecule has 0 aliphatic rings. The summed E-state index contributed by atoms with van der Waals surface area (Å²) >= 11 is 0. The molecule has 1 amide bonds. The number of aromatic nitrogens is 3. The van der Waals surface area contributed by atoms with Gasteiger partial charge >= 0.3 is 0 Å². The van der Waals surface area contributed by atoms with Crippen LogP contribution in [0.3, 0.4) is 0 Å². The van der Waals surface area contributed by atoms with Crippen molar-refractivity contribution in [1.82, 2.24) is 14.8 Å². The molecule has 18 heavy (non-hydrogen) atoms. The SMILES string of the molecule is COc1ccc(NC(=O)C(C)n2cncn2)cc1. The molecule has 6 nitrogen and oxygen atoms in total. The maximum absolute atomic E-state index is 11.9. The largest absolute Gasteiger partial charge is 0.497 e. The van der Waals surface area contributed by atoms with E-state index in [-0.39, 0.29) is 5.91 Å². The van der Waals surface area contributed by atoms with Crippen molar-refractivity contribution in [3.05, 3.63) is 36.9 Å². The Kier molecular flexibility index (Phi) is 3.57. The van der Waals surface area contributed by atoms with Crippen LogP contribution in [0.15, 0.2) is 36.9 Å². The Morgan fingerprint density at radius 3 is 2.67 bits per heavy atom. The number of carbonyl (C=O) groups excluding carboxylic acids is 1. The van der Waals surface area contributed by atoms with E-state index in [0.717, 1.165) is 5.75 Å². The summed E-state index contributed by atoms with van der Waals surface area (Å²) in [6.07, 6.45) is 2.91. The molecule has 6 heteroatoms. The summed E-state index contributed by atoms with van der Waals surface area (Å²) in [5.74, 6) is 0.600. The predicted molar refractivity (Wildman–Crippen MR) is 66.4 cm³/mol. The monoisotopic (exact) mass is 246 g/mol. The smallest absolute Gasteiger partial charge is 0.249 e. The van der Waals surface area contributed by atoms with Crippen LogP contribution in [0.4, 0.5) is 5.69 Å². The lowest BCUT2D eigenvalue weighted by Gasteiger charge is -2.12. The fraction of sp³-hybridized carbons (Fsp3) is 0.250. The van der Waals surface area contributed by atoms with Gasteiger partial charge in [-0.25, -0.2) is 9.67 Å². The van der Waals surface area contributed by atoms with Crippen LogP contribution in [0.1, 0.15) is 13.0 Å². The molecule has 1 N–H and O–H groups in total. The van der Waals surface area contributed by atoms with E-state index in [0.29, 0.717) is 5.69 Å². The molecule has 1 heterocycles. The molecule has 0 aliphatic heterocycles. The van der Waals surface area contributed by atoms with Crippen LogP contribution >= 0.6 is 0 Å². The molecule has 0 spiro atoms. The molecule has 1 unspecified atom stereocenters. The van der Waals surface area contributed by atoms with Gasteiger partial charge in [0.05, 0.1) is 7.11 Å². The lowest BCUT2D eigenvalue weighted by molar-refractivity contribution is -0.119. The number of amides is 1. The first kappa shape index (κ1) is 12.1. The van der Waals surface area contributed by atoms with Crippen molar-refractivity contribution in [3.8, 4) is 5.75 Å². The number of nitrogens with zero attached hydrogens (tertiary/aromatic N) is 3. The number of benzene rings is 1. The van der Waals surface area contributed by atoms with Gasteiger partial charge in [0, 0.05) is 5.69 Å². The van der Waals surface area contributed by atoms with Crippen LogP contribution in [0.5, 0.6) is 5.75 Å². The second kappa shape index (κ2) is 5.31. The summed E-state index contributed by atoms with van der Waals surface area (Å²) in [7, 11) is 1.60. The number of rotatable bonds is 4. The normalized spacial score (nSPS) is 11.9. The Hall–Kier alpha value is -2.37. The minimum absolute atomic E-state index is 0.148. The molecule has 0 aliphatic carbocycles. The van der Waals surface area contributed by atoms with E-state index in [1.165, 1.54) is 17.3 Å². The number of anilines is 1. The summed E-state index contributed by atoms with van der Waals surface area (Å²) in [5, 5.41) is 6.73. The average molecular weight is 246 g/mol. The minimum Gasteiger partial charge on any atom is -0.497 e. The van der Waals surface area contributed by atoms with Gasteiger partial charge in [-0.05, 0) is 31.2 Å². The van der Waals surface area contributed by atoms with Crippen LogP contribution in [0, 0.1) is 0 Å². The number of nitrogens with one attached hydrogen (secondary N) is 1. The lowest BCUT2D eigenvalue weighted by atomic mass is 10.2. The van der Waals surface area contributed by atoms with Crippen molar-refractivity contribution in [3.63, 3.8) is 0 Å². The van der Waals surface area contributed by atoms with Crippen molar-refractivity contribution < 1.29 is 9.53 Å². The van der Waals surface area contributed by atoms with Crippen molar-refractivity contribution in [2.75, 3.05) is 12.4 Å². The highest BCUT2D eigenvalue weighted by Gasteiger charge is 2.15. The zero-order valence-electron chi connectivity index (χ0n) is 10.2. The number of methoxy groups -OCH3 is 1. The topological polar surface area (TPSA) is 69.0 Å². The molecule has 1 atom stereocenters. The zero-order valence-corrected chi connectivity index (χ0v) is 10.2. The summed E-state index contributed by atoms with van der Waals surface area (Å²) in [6, 6.07) is 6.73. The number of ether oxygens (including phenoxy) is 1. The van der Waals surface area contributed by atoms with Gasteiger partial charge in [-0.15, -0.1) is 0 Å². The number of carbonyl (C=O) groups is 1. The summed E-state index contributed by atoms with van der Waals surface area (Å²) in [6.45, 7) is 1.76. The standard InChI is InChI=1S/C12H14N4O2/c1-9(16-8-13-7-14-16)12(17)15-10-3-5-11(18-2)6-4-10/h3-9H,1-2H3,(H,15,17). The van der Waals surface area contributed by atoms with Crippen LogP contribution < -0.4 is 10.1 Å². The third-order valence-electron chi connectivity index (χ3n) is 2.57. The Labute approximate surface area is 105 Å². The van der Waals surface area contributed by atoms with E-state index >= 15 is 0 Å².